The molecule has 1 radical (unpaired) electrons. The summed E-state index contributed by atoms with van der Waals surface area (Å²) < 4.78 is 280. The fraction of sp³-hybridized carbons (Fsp3) is 0.611. The first-order valence-electron chi connectivity index (χ1n) is 9.28. The van der Waals surface area contributed by atoms with E-state index in [1.165, 1.54) is 0 Å². The van der Waals surface area contributed by atoms with Crippen molar-refractivity contribution < 1.29 is 92.2 Å². The number of hydrogen-bond donors (Lipinski definition) is 0. The van der Waals surface area contributed by atoms with E-state index in [2.05, 4.69) is 0 Å². The zero-order valence-corrected chi connectivity index (χ0v) is 17.9. The van der Waals surface area contributed by atoms with Crippen LogP contribution in [0.15, 0.2) is 12.1 Å². The SMILES string of the molecule is CC[CH]c1c(C(F)(F)C(F)(F)C(F)(F)F)cc(C(F)(F)C(F)(F)C(F)(F)F)cc1C(F)(F)C(F)(F)C(F)(F)F. The van der Waals surface area contributed by atoms with E-state index in [1.807, 2.05) is 0 Å². The van der Waals surface area contributed by atoms with Crippen LogP contribution < -0.4 is 0 Å². The van der Waals surface area contributed by atoms with E-state index in [0.717, 1.165) is 0 Å². The molecule has 0 fully saturated rings. The third-order valence-electron chi connectivity index (χ3n) is 4.88. The molecule has 0 nitrogen and oxygen atoms in total. The van der Waals surface area contributed by atoms with Gasteiger partial charge in [0.05, 0.1) is 0 Å². The van der Waals surface area contributed by atoms with Crippen molar-refractivity contribution in [3.63, 3.8) is 0 Å². The average Bonchev–Trinajstić information content (AvgIpc) is 2.70. The highest BCUT2D eigenvalue weighted by atomic mass is 19.4. The minimum Gasteiger partial charge on any atom is -0.194 e. The van der Waals surface area contributed by atoms with Gasteiger partial charge >= 0.3 is 54.1 Å². The predicted octanol–water partition coefficient (Wildman–Crippen LogP) is 9.52. The van der Waals surface area contributed by atoms with Gasteiger partial charge in [-0.3, -0.25) is 0 Å². The Morgan fingerprint density at radius 3 is 0.949 bits per heavy atom. The molecule has 0 N–H and O–H groups in total. The second-order valence-corrected chi connectivity index (χ2v) is 7.54. The molecule has 227 valence electrons. The highest BCUT2D eigenvalue weighted by molar-refractivity contribution is 5.51. The Bertz CT molecular complexity index is 977. The van der Waals surface area contributed by atoms with E-state index in [1.54, 1.807) is 0 Å². The molecule has 0 amide bonds. The molecule has 0 spiro atoms. The van der Waals surface area contributed by atoms with Crippen molar-refractivity contribution in [3.8, 4) is 0 Å². The molecule has 0 aromatic heterocycles. The lowest BCUT2D eigenvalue weighted by molar-refractivity contribution is -0.362. The van der Waals surface area contributed by atoms with Crippen molar-refractivity contribution in [1.82, 2.24) is 0 Å². The maximum absolute atomic E-state index is 14.4. The second-order valence-electron chi connectivity index (χ2n) is 7.54. The van der Waals surface area contributed by atoms with Crippen LogP contribution in [-0.2, 0) is 17.8 Å². The first kappa shape index (κ1) is 34.8. The van der Waals surface area contributed by atoms with E-state index in [-0.39, 0.29) is 0 Å². The zero-order chi connectivity index (χ0) is 31.6. The average molecular weight is 623 g/mol. The van der Waals surface area contributed by atoms with Crippen LogP contribution in [0.3, 0.4) is 0 Å². The van der Waals surface area contributed by atoms with E-state index in [9.17, 15) is 92.2 Å². The summed E-state index contributed by atoms with van der Waals surface area (Å²) in [6.07, 6.45) is -24.1. The maximum Gasteiger partial charge on any atom is 0.460 e. The summed E-state index contributed by atoms with van der Waals surface area (Å²) in [4.78, 5) is 0. The van der Waals surface area contributed by atoms with Crippen molar-refractivity contribution in [3.05, 3.63) is 40.8 Å². The smallest absolute Gasteiger partial charge is 0.194 e. The Balaban J connectivity index is 4.51. The van der Waals surface area contributed by atoms with E-state index in [0.29, 0.717) is 6.92 Å². The van der Waals surface area contributed by atoms with Gasteiger partial charge < -0.3 is 0 Å². The van der Waals surface area contributed by atoms with Crippen molar-refractivity contribution in [2.45, 2.75) is 67.4 Å². The van der Waals surface area contributed by atoms with Crippen LogP contribution in [0.25, 0.3) is 0 Å². The van der Waals surface area contributed by atoms with Crippen LogP contribution in [0.2, 0.25) is 0 Å². The Labute approximate surface area is 201 Å². The summed E-state index contributed by atoms with van der Waals surface area (Å²) in [5.74, 6) is -44.3. The molecule has 0 aliphatic rings. The molecule has 1 rings (SSSR count). The molecule has 21 heteroatoms. The van der Waals surface area contributed by atoms with Gasteiger partial charge in [0.25, 0.3) is 0 Å². The molecule has 0 atom stereocenters. The van der Waals surface area contributed by atoms with Gasteiger partial charge in [-0.05, 0) is 30.5 Å². The minimum atomic E-state index is -7.57. The van der Waals surface area contributed by atoms with Crippen LogP contribution in [0.1, 0.15) is 35.6 Å². The summed E-state index contributed by atoms with van der Waals surface area (Å²) >= 11 is 0. The first-order valence-corrected chi connectivity index (χ1v) is 9.28. The normalized spacial score (nSPS) is 15.6. The molecule has 0 aliphatic heterocycles. The summed E-state index contributed by atoms with van der Waals surface area (Å²) in [7, 11) is 0. The number of halogens is 21. The summed E-state index contributed by atoms with van der Waals surface area (Å²) in [6.45, 7) is 0.577. The number of benzene rings is 1. The predicted molar refractivity (Wildman–Crippen MR) is 84.8 cm³/mol. The van der Waals surface area contributed by atoms with Crippen LogP contribution in [0.4, 0.5) is 92.2 Å². The van der Waals surface area contributed by atoms with Gasteiger partial charge in [0.15, 0.2) is 0 Å². The van der Waals surface area contributed by atoms with E-state index < -0.39 is 101 Å². The highest BCUT2D eigenvalue weighted by Crippen LogP contribution is 2.59. The largest absolute Gasteiger partial charge is 0.460 e. The quantitative estimate of drug-likeness (QED) is 0.253. The summed E-state index contributed by atoms with van der Waals surface area (Å²) in [6, 6.07) is -3.38. The van der Waals surface area contributed by atoms with Crippen LogP contribution in [0, 0.1) is 6.42 Å². The number of rotatable bonds is 8. The molecule has 39 heavy (non-hydrogen) atoms. The van der Waals surface area contributed by atoms with Crippen LogP contribution in [-0.4, -0.2) is 36.3 Å². The van der Waals surface area contributed by atoms with Crippen molar-refractivity contribution >= 4 is 0 Å². The Kier molecular flexibility index (Phi) is 8.39. The van der Waals surface area contributed by atoms with Gasteiger partial charge in [-0.15, -0.1) is 0 Å². The molecule has 0 bridgehead atoms. The van der Waals surface area contributed by atoms with Crippen molar-refractivity contribution in [2.24, 2.45) is 0 Å². The molecular formula is C18H8F21. The first-order chi connectivity index (χ1) is 16.8. The van der Waals surface area contributed by atoms with Crippen molar-refractivity contribution in [1.29, 1.82) is 0 Å². The fourth-order valence-electron chi connectivity index (χ4n) is 2.83. The Morgan fingerprint density at radius 2 is 0.718 bits per heavy atom. The van der Waals surface area contributed by atoms with E-state index >= 15 is 0 Å². The third-order valence-corrected chi connectivity index (χ3v) is 4.88. The Hall–Kier alpha value is -2.25. The highest BCUT2D eigenvalue weighted by Gasteiger charge is 2.78. The lowest BCUT2D eigenvalue weighted by atomic mass is 9.83. The maximum atomic E-state index is 14.4. The lowest BCUT2D eigenvalue weighted by Crippen LogP contribution is -2.53. The molecule has 0 aliphatic carbocycles. The van der Waals surface area contributed by atoms with Gasteiger partial charge in [0, 0.05) is 16.7 Å². The van der Waals surface area contributed by atoms with Crippen LogP contribution in [0.5, 0.6) is 0 Å². The van der Waals surface area contributed by atoms with Gasteiger partial charge in [-0.25, -0.2) is 0 Å². The van der Waals surface area contributed by atoms with Gasteiger partial charge in [-0.2, -0.15) is 92.2 Å². The summed E-state index contributed by atoms with van der Waals surface area (Å²) in [5.41, 5.74) is -13.8. The Morgan fingerprint density at radius 1 is 0.462 bits per heavy atom. The number of hydrogen-bond acceptors (Lipinski definition) is 0. The number of alkyl halides is 21. The molecule has 0 saturated heterocycles. The van der Waals surface area contributed by atoms with Gasteiger partial charge in [0.2, 0.25) is 0 Å². The van der Waals surface area contributed by atoms with Crippen molar-refractivity contribution in [2.75, 3.05) is 0 Å². The van der Waals surface area contributed by atoms with Crippen LogP contribution >= 0.6 is 0 Å². The van der Waals surface area contributed by atoms with Gasteiger partial charge in [-0.1, -0.05) is 6.92 Å². The van der Waals surface area contributed by atoms with Gasteiger partial charge in [0.1, 0.15) is 0 Å². The monoisotopic (exact) mass is 623 g/mol. The molecule has 1 aromatic rings. The second kappa shape index (κ2) is 9.41. The molecule has 1 aromatic carbocycles. The molecule has 0 unspecified atom stereocenters. The fourth-order valence-corrected chi connectivity index (χ4v) is 2.83. The molecule has 0 saturated carbocycles. The lowest BCUT2D eigenvalue weighted by Gasteiger charge is -2.35. The third kappa shape index (κ3) is 5.17. The zero-order valence-electron chi connectivity index (χ0n) is 17.9. The topological polar surface area (TPSA) is 0 Å². The van der Waals surface area contributed by atoms with E-state index in [4.69, 9.17) is 0 Å². The summed E-state index contributed by atoms with van der Waals surface area (Å²) in [5, 5.41) is 0. The minimum absolute atomic E-state index is 0.477. The molecule has 0 heterocycles. The standard InChI is InChI=1S/C18H8F21/c1-2-3-7-8(11(21,22)14(27,28)17(34,35)36)4-6(10(19,20)13(25,26)16(31,32)33)5-9(7)12(23,24)15(29,30)18(37,38)39/h3-5H,2H2,1H3. The molecular weight excluding hydrogens is 615 g/mol.